The molecule has 1 saturated carbocycles. The van der Waals surface area contributed by atoms with Crippen LogP contribution in [0.4, 0.5) is 0 Å². The number of phenolic OH excluding ortho intramolecular Hbond substituents is 1. The van der Waals surface area contributed by atoms with Gasteiger partial charge in [0, 0.05) is 12.8 Å². The molecule has 14 heteroatoms. The molecule has 0 saturated heterocycles. The summed E-state index contributed by atoms with van der Waals surface area (Å²) in [5, 5.41) is 41.6. The number of carbonyl (C=O) groups excluding carboxylic acids is 1. The number of aromatic hydroxyl groups is 1. The molecule has 4 unspecified atom stereocenters. The molecule has 13 N–H and O–H groups in total. The third kappa shape index (κ3) is 33.4. The van der Waals surface area contributed by atoms with E-state index in [9.17, 15) is 24.0 Å². The monoisotopic (exact) mass is 680 g/mol. The van der Waals surface area contributed by atoms with E-state index in [1.165, 1.54) is 25.5 Å². The molecule has 4 atom stereocenters. The molecule has 0 heterocycles. The van der Waals surface area contributed by atoms with Crippen LogP contribution in [0.25, 0.3) is 0 Å². The fraction of sp³-hybridized carbons (Fsp3) is 0.400. The second-order valence-corrected chi connectivity index (χ2v) is 9.76. The average Bonchev–Trinajstić information content (AvgIpc) is 3.23. The normalized spacial score (nSPS) is 13.8. The van der Waals surface area contributed by atoms with Gasteiger partial charge >= 0.3 is 23.9 Å². The Morgan fingerprint density at radius 3 is 1.73 bits per heavy atom. The summed E-state index contributed by atoms with van der Waals surface area (Å²) in [6.07, 6.45) is 9.86. The number of hydrogen-bond acceptors (Lipinski definition) is 10. The van der Waals surface area contributed by atoms with Crippen molar-refractivity contribution in [2.45, 2.75) is 89.4 Å². The predicted octanol–water partition coefficient (Wildman–Crippen LogP) is 0.528. The standard InChI is InChI=1S/C11H4.C9H11NO3.C7H13NO.C5H9NO4.C3H7NO2/c1-3-5-7-9-11-10-8-6-4-2;10-8(9(12)13)5-6-1-3-7(11)4-2-6;8-6-4-2-1-3-5-7(6)9;6-3(5(9)10)1-2-4(7)8;1-2(4)3(5)6/h1H,2H3;1-4,8,11H,5,10H2,(H,12,13);6H,1-5,8H2;3H,1-2,6H2,(H,7,8)(H,9,10);2H,4H2,1H3,(H,5,6). The highest BCUT2D eigenvalue weighted by atomic mass is 16.4. The van der Waals surface area contributed by atoms with E-state index in [1.807, 2.05) is 0 Å². The fourth-order valence-corrected chi connectivity index (χ4v) is 2.82. The maximum atomic E-state index is 10.9. The minimum atomic E-state index is -1.17. The van der Waals surface area contributed by atoms with Gasteiger partial charge in [-0.25, -0.2) is 0 Å². The van der Waals surface area contributed by atoms with Gasteiger partial charge in [-0.05, 0) is 105 Å². The van der Waals surface area contributed by atoms with Gasteiger partial charge in [0.25, 0.3) is 0 Å². The molecule has 264 valence electrons. The van der Waals surface area contributed by atoms with Crippen molar-refractivity contribution in [1.82, 2.24) is 0 Å². The number of phenols is 1. The maximum absolute atomic E-state index is 10.9. The van der Waals surface area contributed by atoms with E-state index in [0.29, 0.717) is 6.42 Å². The van der Waals surface area contributed by atoms with Crippen LogP contribution in [0.1, 0.15) is 64.4 Å². The fourth-order valence-electron chi connectivity index (χ4n) is 2.82. The number of carbonyl (C=O) groups is 5. The number of carboxylic acids is 4. The number of terminal acetylenes is 1. The zero-order valence-corrected chi connectivity index (χ0v) is 27.4. The molecule has 2 rings (SSSR count). The number of aliphatic carboxylic acids is 4. The van der Waals surface area contributed by atoms with Gasteiger partial charge in [-0.2, -0.15) is 0 Å². The van der Waals surface area contributed by atoms with E-state index >= 15 is 0 Å². The lowest BCUT2D eigenvalue weighted by Crippen LogP contribution is -2.32. The number of carboxylic acid groups (broad SMARTS) is 4. The molecule has 1 fully saturated rings. The van der Waals surface area contributed by atoms with Crippen molar-refractivity contribution in [3.8, 4) is 65.5 Å². The Labute approximate surface area is 286 Å². The number of rotatable bonds is 8. The molecule has 1 aliphatic rings. The van der Waals surface area contributed by atoms with E-state index in [2.05, 4.69) is 53.3 Å². The van der Waals surface area contributed by atoms with Gasteiger partial charge in [0.15, 0.2) is 0 Å². The molecule has 0 spiro atoms. The van der Waals surface area contributed by atoms with Gasteiger partial charge in [0.05, 0.1) is 6.04 Å². The van der Waals surface area contributed by atoms with Crippen LogP contribution < -0.4 is 22.9 Å². The molecule has 0 aliphatic heterocycles. The highest BCUT2D eigenvalue weighted by Crippen LogP contribution is 2.12. The van der Waals surface area contributed by atoms with E-state index in [4.69, 9.17) is 54.9 Å². The Morgan fingerprint density at radius 2 is 1.31 bits per heavy atom. The van der Waals surface area contributed by atoms with E-state index in [0.717, 1.165) is 24.8 Å². The molecular weight excluding hydrogens is 636 g/mol. The first-order valence-electron chi connectivity index (χ1n) is 14.6. The highest BCUT2D eigenvalue weighted by Gasteiger charge is 2.15. The first kappa shape index (κ1) is 47.6. The van der Waals surface area contributed by atoms with Crippen molar-refractivity contribution in [2.24, 2.45) is 22.9 Å². The first-order valence-corrected chi connectivity index (χ1v) is 14.6. The number of hydrogen-bond donors (Lipinski definition) is 9. The Bertz CT molecular complexity index is 1490. The number of benzene rings is 1. The van der Waals surface area contributed by atoms with E-state index in [1.54, 1.807) is 19.1 Å². The predicted molar refractivity (Wildman–Crippen MR) is 183 cm³/mol. The van der Waals surface area contributed by atoms with Crippen molar-refractivity contribution in [3.63, 3.8) is 0 Å². The maximum Gasteiger partial charge on any atom is 0.320 e. The lowest BCUT2D eigenvalue weighted by atomic mass is 10.1. The smallest absolute Gasteiger partial charge is 0.320 e. The first-order chi connectivity index (χ1) is 23.0. The Kier molecular flexibility index (Phi) is 30.0. The lowest BCUT2D eigenvalue weighted by molar-refractivity contribution is -0.140. The largest absolute Gasteiger partial charge is 0.508 e. The molecule has 14 nitrogen and oxygen atoms in total. The van der Waals surface area contributed by atoms with Gasteiger partial charge in [-0.15, -0.1) is 6.42 Å². The zero-order chi connectivity index (χ0) is 38.2. The van der Waals surface area contributed by atoms with Crippen LogP contribution in [0, 0.1) is 59.7 Å². The molecule has 0 aromatic heterocycles. The second-order valence-electron chi connectivity index (χ2n) is 9.76. The van der Waals surface area contributed by atoms with Crippen molar-refractivity contribution in [2.75, 3.05) is 0 Å². The van der Waals surface area contributed by atoms with Gasteiger partial charge in [0.2, 0.25) is 0 Å². The van der Waals surface area contributed by atoms with Crippen molar-refractivity contribution < 1.29 is 49.5 Å². The number of ketones is 1. The van der Waals surface area contributed by atoms with Gasteiger partial charge in [-0.3, -0.25) is 24.0 Å². The van der Waals surface area contributed by atoms with Crippen LogP contribution in [0.5, 0.6) is 5.75 Å². The average molecular weight is 681 g/mol. The molecule has 0 bridgehead atoms. The van der Waals surface area contributed by atoms with Gasteiger partial charge in [-0.1, -0.05) is 30.9 Å². The molecule has 1 aromatic rings. The number of nitrogens with two attached hydrogens (primary N) is 4. The summed E-state index contributed by atoms with van der Waals surface area (Å²) >= 11 is 0. The van der Waals surface area contributed by atoms with Crippen molar-refractivity contribution in [3.05, 3.63) is 29.8 Å². The topological polar surface area (TPSA) is 291 Å². The van der Waals surface area contributed by atoms with E-state index < -0.39 is 42.0 Å². The summed E-state index contributed by atoms with van der Waals surface area (Å²) in [6, 6.07) is 3.49. The summed E-state index contributed by atoms with van der Waals surface area (Å²) < 4.78 is 0. The third-order valence-electron chi connectivity index (χ3n) is 5.51. The summed E-state index contributed by atoms with van der Waals surface area (Å²) in [4.78, 5) is 50.7. The van der Waals surface area contributed by atoms with Crippen LogP contribution in [-0.2, 0) is 30.4 Å². The van der Waals surface area contributed by atoms with Crippen LogP contribution in [0.2, 0.25) is 0 Å². The lowest BCUT2D eigenvalue weighted by Gasteiger charge is -2.05. The third-order valence-corrected chi connectivity index (χ3v) is 5.51. The summed E-state index contributed by atoms with van der Waals surface area (Å²) in [7, 11) is 0. The minimum Gasteiger partial charge on any atom is -0.508 e. The molecule has 1 aromatic carbocycles. The molecule has 0 amide bonds. The Hall–Kier alpha value is -5.79. The SMILES string of the molecule is C#CC#CC#CC#CC#CC.CC(N)C(=O)O.NC(CCC(=O)O)C(=O)O.NC(Cc1ccc(O)cc1)C(=O)O.NC1CCCCCC1=O. The van der Waals surface area contributed by atoms with Crippen LogP contribution in [0.3, 0.4) is 0 Å². The second kappa shape index (κ2) is 30.8. The quantitative estimate of drug-likeness (QED) is 0.134. The molecule has 49 heavy (non-hydrogen) atoms. The number of Topliss-reactive ketones (excluding diaryl/α,β-unsaturated/α-hetero) is 1. The van der Waals surface area contributed by atoms with E-state index in [-0.39, 0.29) is 36.8 Å². The Balaban J connectivity index is -0.000000550. The summed E-state index contributed by atoms with van der Waals surface area (Å²) in [5.41, 5.74) is 21.5. The molecule has 1 aliphatic carbocycles. The summed E-state index contributed by atoms with van der Waals surface area (Å²) in [5.74, 6) is 18.2. The van der Waals surface area contributed by atoms with Gasteiger partial charge in [0.1, 0.15) is 29.7 Å². The van der Waals surface area contributed by atoms with Crippen LogP contribution >= 0.6 is 0 Å². The molecular formula is C35H44N4O10. The van der Waals surface area contributed by atoms with Gasteiger partial charge < -0.3 is 48.5 Å². The minimum absolute atomic E-state index is 0.0231. The Morgan fingerprint density at radius 1 is 0.816 bits per heavy atom. The van der Waals surface area contributed by atoms with Crippen LogP contribution in [-0.4, -0.2) is 79.4 Å². The van der Waals surface area contributed by atoms with Crippen molar-refractivity contribution >= 4 is 29.7 Å². The highest BCUT2D eigenvalue weighted by molar-refractivity contribution is 5.83. The molecule has 0 radical (unpaired) electrons. The van der Waals surface area contributed by atoms with Crippen molar-refractivity contribution in [1.29, 1.82) is 0 Å². The zero-order valence-electron chi connectivity index (χ0n) is 27.4. The summed E-state index contributed by atoms with van der Waals surface area (Å²) in [6.45, 7) is 3.13. The van der Waals surface area contributed by atoms with Crippen LogP contribution in [0.15, 0.2) is 24.3 Å².